The summed E-state index contributed by atoms with van der Waals surface area (Å²) in [6.07, 6.45) is 1.77. The first-order valence-electron chi connectivity index (χ1n) is 7.51. The average Bonchev–Trinajstić information content (AvgIpc) is 3.38. The molecule has 0 spiro atoms. The van der Waals surface area contributed by atoms with E-state index in [2.05, 4.69) is 9.72 Å². The maximum absolute atomic E-state index is 12.3. The Kier molecular flexibility index (Phi) is 4.35. The summed E-state index contributed by atoms with van der Waals surface area (Å²) in [5, 5.41) is 17.6. The summed E-state index contributed by atoms with van der Waals surface area (Å²) in [7, 11) is 0. The number of H-pyrrole nitrogens is 1. The Labute approximate surface area is 140 Å². The first-order valence-corrected chi connectivity index (χ1v) is 7.51. The van der Waals surface area contributed by atoms with Crippen molar-refractivity contribution in [3.63, 3.8) is 0 Å². The molecule has 1 fully saturated rings. The molecule has 3 rings (SSSR count). The Bertz CT molecular complexity index is 887. The van der Waals surface area contributed by atoms with Gasteiger partial charge in [-0.3, -0.25) is 10.2 Å². The number of carboxylic acid groups (broad SMARTS) is 1. The number of rotatable bonds is 6. The molecule has 130 valence electrons. The summed E-state index contributed by atoms with van der Waals surface area (Å²) in [6.45, 7) is -2.97. The lowest BCUT2D eigenvalue weighted by molar-refractivity contribution is -0.0498. The zero-order chi connectivity index (χ0) is 18.1. The molecule has 2 aromatic rings. The minimum atomic E-state index is -2.97. The average molecular weight is 348 g/mol. The van der Waals surface area contributed by atoms with Crippen LogP contribution in [0.3, 0.4) is 0 Å². The number of benzene rings is 1. The van der Waals surface area contributed by atoms with E-state index in [0.29, 0.717) is 5.69 Å². The fourth-order valence-corrected chi connectivity index (χ4v) is 2.56. The molecule has 1 heterocycles. The van der Waals surface area contributed by atoms with Gasteiger partial charge in [-0.2, -0.15) is 8.78 Å². The van der Waals surface area contributed by atoms with E-state index in [1.807, 2.05) is 0 Å². The number of carboxylic acids is 1. The molecule has 0 atom stereocenters. The Morgan fingerprint density at radius 1 is 1.28 bits per heavy atom. The highest BCUT2D eigenvalue weighted by Gasteiger charge is 2.28. The van der Waals surface area contributed by atoms with Crippen molar-refractivity contribution in [2.75, 3.05) is 0 Å². The van der Waals surface area contributed by atoms with Gasteiger partial charge in [0.2, 0.25) is 0 Å². The van der Waals surface area contributed by atoms with Crippen LogP contribution >= 0.6 is 0 Å². The van der Waals surface area contributed by atoms with Crippen molar-refractivity contribution < 1.29 is 23.4 Å². The Hall–Kier alpha value is -3.03. The highest BCUT2D eigenvalue weighted by molar-refractivity contribution is 6.15. The maximum Gasteiger partial charge on any atom is 0.387 e. The first kappa shape index (κ1) is 16.8. The van der Waals surface area contributed by atoms with Crippen LogP contribution in [0.4, 0.5) is 8.78 Å². The molecule has 0 saturated heterocycles. The van der Waals surface area contributed by atoms with E-state index in [4.69, 9.17) is 5.41 Å². The predicted octanol–water partition coefficient (Wildman–Crippen LogP) is 2.97. The Morgan fingerprint density at radius 2 is 1.92 bits per heavy atom. The van der Waals surface area contributed by atoms with Gasteiger partial charge in [-0.05, 0) is 49.1 Å². The monoisotopic (exact) mass is 348 g/mol. The summed E-state index contributed by atoms with van der Waals surface area (Å²) in [5.74, 6) is -1.24. The number of hydrogen-bond donors (Lipinski definition) is 3. The fourth-order valence-electron chi connectivity index (χ4n) is 2.56. The van der Waals surface area contributed by atoms with Crippen molar-refractivity contribution in [2.24, 2.45) is 0 Å². The van der Waals surface area contributed by atoms with E-state index < -0.39 is 18.1 Å². The number of alkyl halides is 2. The van der Waals surface area contributed by atoms with Gasteiger partial charge in [-0.15, -0.1) is 0 Å². The van der Waals surface area contributed by atoms with Gasteiger partial charge in [-0.1, -0.05) is 0 Å². The van der Waals surface area contributed by atoms with E-state index >= 15 is 0 Å². The summed E-state index contributed by atoms with van der Waals surface area (Å²) in [6, 6.07) is 6.48. The van der Waals surface area contributed by atoms with Crippen LogP contribution in [0.25, 0.3) is 0 Å². The lowest BCUT2D eigenvalue weighted by Crippen LogP contribution is -2.24. The summed E-state index contributed by atoms with van der Waals surface area (Å²) in [5.41, 5.74) is -0.694. The Balaban J connectivity index is 1.98. The number of aromatic carboxylic acids is 1. The van der Waals surface area contributed by atoms with Crippen LogP contribution in [0.1, 0.15) is 45.9 Å². The third-order valence-corrected chi connectivity index (χ3v) is 3.92. The van der Waals surface area contributed by atoms with E-state index in [9.17, 15) is 23.5 Å². The van der Waals surface area contributed by atoms with Gasteiger partial charge in [0.25, 0.3) is 5.56 Å². The number of hydrogen-bond acceptors (Lipinski definition) is 4. The van der Waals surface area contributed by atoms with Crippen molar-refractivity contribution in [3.05, 3.63) is 63.1 Å². The quantitative estimate of drug-likeness (QED) is 0.698. The molecule has 6 nitrogen and oxygen atoms in total. The molecule has 1 aromatic heterocycles. The molecule has 1 aliphatic rings. The topological polar surface area (TPSA) is 103 Å². The van der Waals surface area contributed by atoms with E-state index in [0.717, 1.165) is 12.8 Å². The van der Waals surface area contributed by atoms with Gasteiger partial charge in [0.15, 0.2) is 0 Å². The molecule has 1 aliphatic carbocycles. The van der Waals surface area contributed by atoms with Gasteiger partial charge in [0.05, 0.1) is 16.8 Å². The van der Waals surface area contributed by atoms with E-state index in [1.165, 1.54) is 30.3 Å². The van der Waals surface area contributed by atoms with Crippen LogP contribution in [0.15, 0.2) is 35.1 Å². The molecule has 1 saturated carbocycles. The lowest BCUT2D eigenvalue weighted by atomic mass is 9.98. The largest absolute Gasteiger partial charge is 0.478 e. The highest BCUT2D eigenvalue weighted by atomic mass is 19.3. The molecule has 0 bridgehead atoms. The van der Waals surface area contributed by atoms with Gasteiger partial charge < -0.3 is 14.8 Å². The van der Waals surface area contributed by atoms with E-state index in [-0.39, 0.29) is 34.1 Å². The maximum atomic E-state index is 12.3. The molecule has 0 aliphatic heterocycles. The van der Waals surface area contributed by atoms with E-state index in [1.54, 1.807) is 0 Å². The van der Waals surface area contributed by atoms with Crippen molar-refractivity contribution in [2.45, 2.75) is 25.4 Å². The number of ether oxygens (including phenoxy) is 1. The third kappa shape index (κ3) is 3.57. The second kappa shape index (κ2) is 6.46. The zero-order valence-corrected chi connectivity index (χ0v) is 12.9. The van der Waals surface area contributed by atoms with Gasteiger partial charge in [0.1, 0.15) is 5.75 Å². The lowest BCUT2D eigenvalue weighted by Gasteiger charge is -2.10. The summed E-state index contributed by atoms with van der Waals surface area (Å²) >= 11 is 0. The second-order valence-corrected chi connectivity index (χ2v) is 5.70. The van der Waals surface area contributed by atoms with Crippen LogP contribution in [-0.2, 0) is 0 Å². The van der Waals surface area contributed by atoms with Gasteiger partial charge >= 0.3 is 12.6 Å². The number of carbonyl (C=O) groups is 1. The van der Waals surface area contributed by atoms with Crippen molar-refractivity contribution >= 4 is 11.7 Å². The SMILES string of the molecule is N=C(c1ccc(OC(F)F)cc1)c1c(C(=O)O)cc(C2CC2)[nH]c1=O. The number of aromatic nitrogens is 1. The molecule has 3 N–H and O–H groups in total. The molecular formula is C17H14F2N2O4. The van der Waals surface area contributed by atoms with Crippen LogP contribution in [-0.4, -0.2) is 28.4 Å². The third-order valence-electron chi connectivity index (χ3n) is 3.92. The first-order chi connectivity index (χ1) is 11.9. The number of halogens is 2. The van der Waals surface area contributed by atoms with Crippen LogP contribution in [0.2, 0.25) is 0 Å². The Morgan fingerprint density at radius 3 is 2.44 bits per heavy atom. The summed E-state index contributed by atoms with van der Waals surface area (Å²) in [4.78, 5) is 26.5. The van der Waals surface area contributed by atoms with Crippen LogP contribution in [0, 0.1) is 5.41 Å². The van der Waals surface area contributed by atoms with Crippen molar-refractivity contribution in [1.29, 1.82) is 5.41 Å². The van der Waals surface area contributed by atoms with Crippen molar-refractivity contribution in [3.8, 4) is 5.75 Å². The molecular weight excluding hydrogens is 334 g/mol. The molecule has 1 aromatic carbocycles. The summed E-state index contributed by atoms with van der Waals surface area (Å²) < 4.78 is 28.6. The smallest absolute Gasteiger partial charge is 0.387 e. The minimum absolute atomic E-state index is 0.0944. The normalized spacial score (nSPS) is 13.7. The van der Waals surface area contributed by atoms with Gasteiger partial charge in [0, 0.05) is 11.3 Å². The zero-order valence-electron chi connectivity index (χ0n) is 12.9. The number of nitrogens with one attached hydrogen (secondary N) is 2. The van der Waals surface area contributed by atoms with Crippen LogP contribution < -0.4 is 10.3 Å². The number of aromatic amines is 1. The van der Waals surface area contributed by atoms with Crippen LogP contribution in [0.5, 0.6) is 5.75 Å². The molecule has 0 unspecified atom stereocenters. The second-order valence-electron chi connectivity index (χ2n) is 5.70. The molecule has 8 heteroatoms. The predicted molar refractivity (Wildman–Crippen MR) is 85.0 cm³/mol. The molecule has 25 heavy (non-hydrogen) atoms. The van der Waals surface area contributed by atoms with Gasteiger partial charge in [-0.25, -0.2) is 4.79 Å². The molecule has 0 amide bonds. The molecule has 0 radical (unpaired) electrons. The highest BCUT2D eigenvalue weighted by Crippen LogP contribution is 2.39. The standard InChI is InChI=1S/C17H14F2N2O4/c18-17(19)25-10-5-3-9(4-6-10)14(20)13-11(16(23)24)7-12(8-1-2-8)21-15(13)22/h3-8,17,20H,1-2H2,(H,21,22)(H,23,24). The fraction of sp³-hybridized carbons (Fsp3) is 0.235. The number of pyridine rings is 1. The minimum Gasteiger partial charge on any atom is -0.478 e. The van der Waals surface area contributed by atoms with Crippen molar-refractivity contribution in [1.82, 2.24) is 4.98 Å².